The molecule has 0 aliphatic carbocycles. The average Bonchev–Trinajstić information content (AvgIpc) is 3.18. The average molecular weight is 811 g/mol. The number of carbonyl (C=O) groups excluding carboxylic acids is 2. The predicted molar refractivity (Wildman–Crippen MR) is 243 cm³/mol. The van der Waals surface area contributed by atoms with Gasteiger partial charge < -0.3 is 23.8 Å². The SMILES string of the molecule is CC/C=C/C=C/C=C/CCCCCCCC(=O)OCC(COCCC(C(=O)O)[N+](C)(C)C)OC(=O)CCCCCCC/C=C/C/C=C/C/C=C/C/C=C/CCCCC. The lowest BCUT2D eigenvalue weighted by molar-refractivity contribution is -0.887. The van der Waals surface area contributed by atoms with Crippen molar-refractivity contribution in [3.8, 4) is 0 Å². The van der Waals surface area contributed by atoms with Crippen LogP contribution in [0.1, 0.15) is 162 Å². The number of esters is 2. The Kier molecular flexibility index (Phi) is 37.9. The smallest absolute Gasteiger partial charge is 0.362 e. The Hall–Kier alpha value is -3.49. The van der Waals surface area contributed by atoms with E-state index in [9.17, 15) is 19.5 Å². The minimum Gasteiger partial charge on any atom is -0.477 e. The molecule has 0 rings (SSSR count). The summed E-state index contributed by atoms with van der Waals surface area (Å²) in [5.41, 5.74) is 0. The first-order chi connectivity index (χ1) is 28.1. The first-order valence-corrected chi connectivity index (χ1v) is 22.7. The van der Waals surface area contributed by atoms with Gasteiger partial charge in [0, 0.05) is 19.3 Å². The number of unbranched alkanes of at least 4 members (excludes halogenated alkanes) is 13. The summed E-state index contributed by atoms with van der Waals surface area (Å²) in [7, 11) is 5.50. The first-order valence-electron chi connectivity index (χ1n) is 22.7. The summed E-state index contributed by atoms with van der Waals surface area (Å²) in [4.78, 5) is 37.0. The fourth-order valence-electron chi connectivity index (χ4n) is 6.07. The van der Waals surface area contributed by atoms with E-state index in [0.29, 0.717) is 19.3 Å². The Morgan fingerprint density at radius 2 is 1.03 bits per heavy atom. The maximum absolute atomic E-state index is 12.7. The van der Waals surface area contributed by atoms with Gasteiger partial charge in [0.15, 0.2) is 12.1 Å². The van der Waals surface area contributed by atoms with Crippen LogP contribution in [0.4, 0.5) is 0 Å². The lowest BCUT2D eigenvalue weighted by atomic mass is 10.1. The summed E-state index contributed by atoms with van der Waals surface area (Å²) in [5, 5.41) is 9.62. The molecular formula is C50H84NO7+. The summed E-state index contributed by atoms with van der Waals surface area (Å²) in [6.07, 6.45) is 52.0. The molecule has 0 fully saturated rings. The number of likely N-dealkylation sites (N-methyl/N-ethyl adjacent to an activating group) is 1. The predicted octanol–water partition coefficient (Wildman–Crippen LogP) is 12.5. The Balaban J connectivity index is 4.40. The molecule has 0 aromatic rings. The zero-order valence-corrected chi connectivity index (χ0v) is 37.5. The summed E-state index contributed by atoms with van der Waals surface area (Å²) in [6.45, 7) is 4.51. The zero-order valence-electron chi connectivity index (χ0n) is 37.5. The van der Waals surface area contributed by atoms with E-state index in [1.807, 2.05) is 27.2 Å². The second kappa shape index (κ2) is 40.3. The Labute approximate surface area is 354 Å². The van der Waals surface area contributed by atoms with E-state index in [1.54, 1.807) is 0 Å². The Morgan fingerprint density at radius 3 is 1.57 bits per heavy atom. The zero-order chi connectivity index (χ0) is 42.8. The van der Waals surface area contributed by atoms with E-state index < -0.39 is 18.1 Å². The van der Waals surface area contributed by atoms with Crippen LogP contribution in [0.2, 0.25) is 0 Å². The van der Waals surface area contributed by atoms with E-state index >= 15 is 0 Å². The monoisotopic (exact) mass is 811 g/mol. The Morgan fingerprint density at radius 1 is 0.552 bits per heavy atom. The van der Waals surface area contributed by atoms with Gasteiger partial charge in [-0.25, -0.2) is 4.79 Å². The van der Waals surface area contributed by atoms with Crippen LogP contribution in [-0.2, 0) is 28.6 Å². The van der Waals surface area contributed by atoms with Crippen molar-refractivity contribution in [2.75, 3.05) is 41.0 Å². The third kappa shape index (κ3) is 38.1. The van der Waals surface area contributed by atoms with Crippen molar-refractivity contribution in [1.82, 2.24) is 0 Å². The van der Waals surface area contributed by atoms with Crippen molar-refractivity contribution in [3.63, 3.8) is 0 Å². The normalized spacial score (nSPS) is 13.7. The quantitative estimate of drug-likeness (QED) is 0.0217. The van der Waals surface area contributed by atoms with Crippen molar-refractivity contribution < 1.29 is 38.2 Å². The van der Waals surface area contributed by atoms with E-state index in [2.05, 4.69) is 92.8 Å². The molecule has 0 aliphatic heterocycles. The minimum absolute atomic E-state index is 0.0413. The first kappa shape index (κ1) is 54.5. The van der Waals surface area contributed by atoms with Crippen molar-refractivity contribution in [1.29, 1.82) is 0 Å². The number of carboxylic acid groups (broad SMARTS) is 1. The summed E-state index contributed by atoms with van der Waals surface area (Å²) >= 11 is 0. The fraction of sp³-hybridized carbons (Fsp3) is 0.660. The van der Waals surface area contributed by atoms with E-state index in [-0.39, 0.29) is 36.2 Å². The number of hydrogen-bond acceptors (Lipinski definition) is 6. The lowest BCUT2D eigenvalue weighted by Crippen LogP contribution is -2.50. The molecule has 0 saturated carbocycles. The number of carboxylic acids is 1. The number of ether oxygens (including phenoxy) is 3. The van der Waals surface area contributed by atoms with Gasteiger partial charge in [-0.1, -0.05) is 150 Å². The molecule has 330 valence electrons. The molecule has 0 bridgehead atoms. The third-order valence-electron chi connectivity index (χ3n) is 9.59. The third-order valence-corrected chi connectivity index (χ3v) is 9.59. The highest BCUT2D eigenvalue weighted by molar-refractivity contribution is 5.72. The van der Waals surface area contributed by atoms with Crippen LogP contribution >= 0.6 is 0 Å². The van der Waals surface area contributed by atoms with E-state index in [0.717, 1.165) is 103 Å². The van der Waals surface area contributed by atoms with Gasteiger partial charge in [-0.15, -0.1) is 0 Å². The molecular weight excluding hydrogens is 727 g/mol. The van der Waals surface area contributed by atoms with Crippen molar-refractivity contribution >= 4 is 17.9 Å². The van der Waals surface area contributed by atoms with Crippen LogP contribution in [0.15, 0.2) is 85.1 Å². The van der Waals surface area contributed by atoms with Crippen LogP contribution in [0.3, 0.4) is 0 Å². The molecule has 0 amide bonds. The summed E-state index contributed by atoms with van der Waals surface area (Å²) in [6, 6.07) is -0.626. The highest BCUT2D eigenvalue weighted by Gasteiger charge is 2.31. The number of rotatable bonds is 39. The summed E-state index contributed by atoms with van der Waals surface area (Å²) in [5.74, 6) is -1.53. The molecule has 2 unspecified atom stereocenters. The molecule has 0 aromatic carbocycles. The van der Waals surface area contributed by atoms with Gasteiger partial charge in [0.25, 0.3) is 0 Å². The van der Waals surface area contributed by atoms with Gasteiger partial charge in [-0.2, -0.15) is 0 Å². The molecule has 58 heavy (non-hydrogen) atoms. The number of allylic oxidation sites excluding steroid dienone is 14. The molecule has 0 spiro atoms. The molecule has 1 N–H and O–H groups in total. The fourth-order valence-corrected chi connectivity index (χ4v) is 6.07. The van der Waals surface area contributed by atoms with Crippen molar-refractivity contribution in [2.45, 2.75) is 174 Å². The number of carbonyl (C=O) groups is 3. The van der Waals surface area contributed by atoms with Gasteiger partial charge >= 0.3 is 17.9 Å². The van der Waals surface area contributed by atoms with Crippen LogP contribution in [0, 0.1) is 0 Å². The maximum atomic E-state index is 12.7. The molecule has 8 nitrogen and oxygen atoms in total. The van der Waals surface area contributed by atoms with Crippen LogP contribution in [0.5, 0.6) is 0 Å². The molecule has 0 aromatic heterocycles. The summed E-state index contributed by atoms with van der Waals surface area (Å²) < 4.78 is 17.2. The number of aliphatic carboxylic acids is 1. The Bertz CT molecular complexity index is 1220. The van der Waals surface area contributed by atoms with E-state index in [4.69, 9.17) is 14.2 Å². The second-order valence-electron chi connectivity index (χ2n) is 16.0. The van der Waals surface area contributed by atoms with Crippen molar-refractivity contribution in [3.05, 3.63) is 85.1 Å². The number of nitrogens with zero attached hydrogens (tertiary/aromatic N) is 1. The van der Waals surface area contributed by atoms with Crippen LogP contribution in [0.25, 0.3) is 0 Å². The van der Waals surface area contributed by atoms with Gasteiger partial charge in [-0.05, 0) is 77.0 Å². The lowest BCUT2D eigenvalue weighted by Gasteiger charge is -2.31. The van der Waals surface area contributed by atoms with Gasteiger partial charge in [0.1, 0.15) is 6.61 Å². The molecule has 8 heteroatoms. The second-order valence-corrected chi connectivity index (χ2v) is 16.0. The number of hydrogen-bond donors (Lipinski definition) is 1. The molecule has 0 heterocycles. The van der Waals surface area contributed by atoms with Crippen LogP contribution in [-0.4, -0.2) is 80.6 Å². The largest absolute Gasteiger partial charge is 0.477 e. The molecule has 2 atom stereocenters. The maximum Gasteiger partial charge on any atom is 0.362 e. The molecule has 0 aliphatic rings. The number of quaternary nitrogens is 1. The van der Waals surface area contributed by atoms with Crippen molar-refractivity contribution in [2.24, 2.45) is 0 Å². The highest BCUT2D eigenvalue weighted by atomic mass is 16.6. The highest BCUT2D eigenvalue weighted by Crippen LogP contribution is 2.13. The standard InChI is InChI=1S/C50H83NO7/c1-6-8-10-12-14-16-18-20-21-22-23-24-25-26-27-29-31-33-35-37-39-41-49(53)58-46(44-56-43-42-47(50(54)55)51(3,4)5)45-57-48(52)40-38-36-34-32-30-28-19-17-15-13-11-9-7-2/h9,11,13-17,19-21,23-24,26-27,46-47H,6-8,10,12,18,22,25,28-45H2,1-5H3/p+1/b11-9+,15-13+,16-14+,19-17+,21-20+,24-23+,27-26+. The molecule has 0 saturated heterocycles. The van der Waals surface area contributed by atoms with Gasteiger partial charge in [0.2, 0.25) is 0 Å². The molecule has 0 radical (unpaired) electrons. The van der Waals surface area contributed by atoms with Crippen LogP contribution < -0.4 is 0 Å². The van der Waals surface area contributed by atoms with E-state index in [1.165, 1.54) is 25.7 Å². The topological polar surface area (TPSA) is 99.1 Å². The van der Waals surface area contributed by atoms with Gasteiger partial charge in [0.05, 0.1) is 34.4 Å². The van der Waals surface area contributed by atoms with Gasteiger partial charge in [-0.3, -0.25) is 9.59 Å². The minimum atomic E-state index is -0.885.